The SMILES string of the molecule is CCN(CC)S(=O)(=O)c1ccc(C(=O)NCC#Cc2ccccc2F)cc1. The summed E-state index contributed by atoms with van der Waals surface area (Å²) in [6.07, 6.45) is 0. The lowest BCUT2D eigenvalue weighted by Gasteiger charge is -2.18. The van der Waals surface area contributed by atoms with Crippen LogP contribution in [0, 0.1) is 17.7 Å². The minimum atomic E-state index is -3.56. The molecule has 2 aromatic rings. The molecule has 2 aromatic carbocycles. The number of rotatable bonds is 6. The van der Waals surface area contributed by atoms with Crippen molar-refractivity contribution in [2.24, 2.45) is 0 Å². The first-order chi connectivity index (χ1) is 12.9. The molecule has 0 aliphatic carbocycles. The van der Waals surface area contributed by atoms with Gasteiger partial charge in [0.05, 0.1) is 17.0 Å². The van der Waals surface area contributed by atoms with Gasteiger partial charge < -0.3 is 5.32 Å². The number of carbonyl (C=O) groups excluding carboxylic acids is 1. The average molecular weight is 388 g/mol. The van der Waals surface area contributed by atoms with Gasteiger partial charge in [0.2, 0.25) is 10.0 Å². The van der Waals surface area contributed by atoms with Crippen LogP contribution in [-0.4, -0.2) is 38.3 Å². The Morgan fingerprint density at radius 2 is 1.70 bits per heavy atom. The second-order valence-corrected chi connectivity index (χ2v) is 7.52. The van der Waals surface area contributed by atoms with Gasteiger partial charge in [-0.25, -0.2) is 12.8 Å². The van der Waals surface area contributed by atoms with Crippen molar-refractivity contribution in [3.8, 4) is 11.8 Å². The molecule has 0 aromatic heterocycles. The summed E-state index contributed by atoms with van der Waals surface area (Å²) in [6.45, 7) is 4.34. The summed E-state index contributed by atoms with van der Waals surface area (Å²) in [7, 11) is -3.56. The van der Waals surface area contributed by atoms with Crippen molar-refractivity contribution in [3.63, 3.8) is 0 Å². The number of halogens is 1. The minimum Gasteiger partial charge on any atom is -0.341 e. The van der Waals surface area contributed by atoms with E-state index in [9.17, 15) is 17.6 Å². The Kier molecular flexibility index (Phi) is 7.11. The highest BCUT2D eigenvalue weighted by Crippen LogP contribution is 2.16. The molecule has 0 atom stereocenters. The highest BCUT2D eigenvalue weighted by Gasteiger charge is 2.21. The Bertz CT molecular complexity index is 957. The summed E-state index contributed by atoms with van der Waals surface area (Å²) in [4.78, 5) is 12.3. The lowest BCUT2D eigenvalue weighted by molar-refractivity contribution is 0.0958. The van der Waals surface area contributed by atoms with Crippen LogP contribution < -0.4 is 5.32 Å². The van der Waals surface area contributed by atoms with Crippen molar-refractivity contribution < 1.29 is 17.6 Å². The molecule has 0 saturated carbocycles. The van der Waals surface area contributed by atoms with Crippen LogP contribution >= 0.6 is 0 Å². The molecular formula is C20H21FN2O3S. The second kappa shape index (κ2) is 9.31. The topological polar surface area (TPSA) is 66.5 Å². The first-order valence-corrected chi connectivity index (χ1v) is 9.96. The number of hydrogen-bond donors (Lipinski definition) is 1. The van der Waals surface area contributed by atoms with Crippen LogP contribution in [0.25, 0.3) is 0 Å². The Labute approximate surface area is 159 Å². The zero-order chi connectivity index (χ0) is 19.9. The molecule has 2 rings (SSSR count). The quantitative estimate of drug-likeness (QED) is 0.774. The van der Waals surface area contributed by atoms with E-state index in [2.05, 4.69) is 17.2 Å². The van der Waals surface area contributed by atoms with Gasteiger partial charge in [0.1, 0.15) is 5.82 Å². The molecule has 1 N–H and O–H groups in total. The molecule has 0 heterocycles. The molecule has 0 aliphatic heterocycles. The average Bonchev–Trinajstić information content (AvgIpc) is 2.67. The van der Waals surface area contributed by atoms with Crippen molar-refractivity contribution in [2.45, 2.75) is 18.7 Å². The third-order valence-electron chi connectivity index (χ3n) is 3.89. The number of amides is 1. The molecule has 1 amide bonds. The lowest BCUT2D eigenvalue weighted by atomic mass is 10.2. The molecule has 142 valence electrons. The third-order valence-corrected chi connectivity index (χ3v) is 5.96. The van der Waals surface area contributed by atoms with E-state index in [1.807, 2.05) is 0 Å². The van der Waals surface area contributed by atoms with Crippen LogP contribution in [0.3, 0.4) is 0 Å². The fraction of sp³-hybridized carbons (Fsp3) is 0.250. The van der Waals surface area contributed by atoms with Crippen LogP contribution in [0.1, 0.15) is 29.8 Å². The normalized spacial score (nSPS) is 11.0. The zero-order valence-electron chi connectivity index (χ0n) is 15.2. The van der Waals surface area contributed by atoms with Crippen molar-refractivity contribution in [2.75, 3.05) is 19.6 Å². The summed E-state index contributed by atoms with van der Waals surface area (Å²) in [5.41, 5.74) is 0.582. The number of sulfonamides is 1. The summed E-state index contributed by atoms with van der Waals surface area (Å²) in [5.74, 6) is 4.53. The molecule has 0 bridgehead atoms. The van der Waals surface area contributed by atoms with Gasteiger partial charge in [0.15, 0.2) is 0 Å². The van der Waals surface area contributed by atoms with Crippen LogP contribution in [0.5, 0.6) is 0 Å². The van der Waals surface area contributed by atoms with E-state index in [-0.39, 0.29) is 22.9 Å². The Morgan fingerprint density at radius 1 is 1.07 bits per heavy atom. The van der Waals surface area contributed by atoms with Crippen molar-refractivity contribution in [3.05, 3.63) is 65.5 Å². The predicted octanol–water partition coefficient (Wildman–Crippen LogP) is 2.64. The molecular weight excluding hydrogens is 367 g/mol. The van der Waals surface area contributed by atoms with Crippen molar-refractivity contribution in [1.29, 1.82) is 0 Å². The van der Waals surface area contributed by atoms with Crippen molar-refractivity contribution in [1.82, 2.24) is 9.62 Å². The predicted molar refractivity (Wildman–Crippen MR) is 102 cm³/mol. The molecule has 7 heteroatoms. The first-order valence-electron chi connectivity index (χ1n) is 8.52. The van der Waals surface area contributed by atoms with Crippen LogP contribution in [0.2, 0.25) is 0 Å². The number of nitrogens with one attached hydrogen (secondary N) is 1. The van der Waals surface area contributed by atoms with E-state index >= 15 is 0 Å². The van der Waals surface area contributed by atoms with Gasteiger partial charge in [-0.2, -0.15) is 4.31 Å². The first kappa shape index (κ1) is 20.6. The second-order valence-electron chi connectivity index (χ2n) is 5.58. The van der Waals surface area contributed by atoms with Crippen LogP contribution in [0.4, 0.5) is 4.39 Å². The number of hydrogen-bond acceptors (Lipinski definition) is 3. The van der Waals surface area contributed by atoms with Crippen LogP contribution in [0.15, 0.2) is 53.4 Å². The lowest BCUT2D eigenvalue weighted by Crippen LogP contribution is -2.30. The molecule has 0 fully saturated rings. The summed E-state index contributed by atoms with van der Waals surface area (Å²) in [5, 5.41) is 2.60. The van der Waals surface area contributed by atoms with Gasteiger partial charge >= 0.3 is 0 Å². The highest BCUT2D eigenvalue weighted by atomic mass is 32.2. The van der Waals surface area contributed by atoms with Crippen molar-refractivity contribution >= 4 is 15.9 Å². The van der Waals surface area contributed by atoms with Gasteiger partial charge in [0.25, 0.3) is 5.91 Å². The Balaban J connectivity index is 2.01. The van der Waals surface area contributed by atoms with E-state index in [1.54, 1.807) is 32.0 Å². The van der Waals surface area contributed by atoms with Gasteiger partial charge in [-0.3, -0.25) is 4.79 Å². The standard InChI is InChI=1S/C20H21FN2O3S/c1-3-23(4-2)27(25,26)18-13-11-17(12-14-18)20(24)22-15-7-9-16-8-5-6-10-19(16)21/h5-6,8,10-14H,3-4,15H2,1-2H3,(H,22,24). The summed E-state index contributed by atoms with van der Waals surface area (Å²) >= 11 is 0. The molecule has 27 heavy (non-hydrogen) atoms. The monoisotopic (exact) mass is 388 g/mol. The molecule has 0 aliphatic rings. The van der Waals surface area contributed by atoms with E-state index < -0.39 is 15.8 Å². The largest absolute Gasteiger partial charge is 0.341 e. The molecule has 0 radical (unpaired) electrons. The van der Waals surface area contributed by atoms with Gasteiger partial charge in [-0.05, 0) is 36.4 Å². The van der Waals surface area contributed by atoms with Gasteiger partial charge in [-0.15, -0.1) is 0 Å². The van der Waals surface area contributed by atoms with E-state index in [0.29, 0.717) is 18.7 Å². The maximum atomic E-state index is 13.4. The Morgan fingerprint density at radius 3 is 2.30 bits per heavy atom. The summed E-state index contributed by atoms with van der Waals surface area (Å²) in [6, 6.07) is 11.9. The number of benzene rings is 2. The smallest absolute Gasteiger partial charge is 0.252 e. The van der Waals surface area contributed by atoms with E-state index in [1.165, 1.54) is 34.6 Å². The highest BCUT2D eigenvalue weighted by molar-refractivity contribution is 7.89. The zero-order valence-corrected chi connectivity index (χ0v) is 16.0. The molecule has 5 nitrogen and oxygen atoms in total. The van der Waals surface area contributed by atoms with E-state index in [4.69, 9.17) is 0 Å². The summed E-state index contributed by atoms with van der Waals surface area (Å²) < 4.78 is 39.6. The third kappa shape index (κ3) is 5.16. The minimum absolute atomic E-state index is 0.0483. The molecule has 0 spiro atoms. The number of nitrogens with zero attached hydrogens (tertiary/aromatic N) is 1. The van der Waals surface area contributed by atoms with Crippen LogP contribution in [-0.2, 0) is 10.0 Å². The maximum Gasteiger partial charge on any atom is 0.252 e. The molecule has 0 unspecified atom stereocenters. The van der Waals surface area contributed by atoms with E-state index in [0.717, 1.165) is 0 Å². The fourth-order valence-corrected chi connectivity index (χ4v) is 3.88. The Hall–Kier alpha value is -2.69. The number of carbonyl (C=O) groups is 1. The van der Waals surface area contributed by atoms with Gasteiger partial charge in [0, 0.05) is 18.7 Å². The maximum absolute atomic E-state index is 13.4. The fourth-order valence-electron chi connectivity index (χ4n) is 2.42. The van der Waals surface area contributed by atoms with Gasteiger partial charge in [-0.1, -0.05) is 37.8 Å². The molecule has 0 saturated heterocycles.